The van der Waals surface area contributed by atoms with Gasteiger partial charge in [-0.1, -0.05) is 19.4 Å². The van der Waals surface area contributed by atoms with Gasteiger partial charge in [-0.3, -0.25) is 4.90 Å². The van der Waals surface area contributed by atoms with Crippen molar-refractivity contribution >= 4 is 0 Å². The number of phenols is 1. The molecule has 118 valence electrons. The van der Waals surface area contributed by atoms with Crippen molar-refractivity contribution in [1.82, 2.24) is 10.2 Å². The first-order valence-corrected chi connectivity index (χ1v) is 8.07. The molecule has 0 spiro atoms. The van der Waals surface area contributed by atoms with E-state index in [1.54, 1.807) is 6.07 Å². The number of phenolic OH excluding ortho intramolecular Hbond substituents is 1. The first-order valence-electron chi connectivity index (χ1n) is 8.07. The zero-order chi connectivity index (χ0) is 15.2. The Bertz CT molecular complexity index is 446. The molecule has 2 unspecified atom stereocenters. The molecule has 1 aromatic carbocycles. The van der Waals surface area contributed by atoms with Crippen molar-refractivity contribution in [2.45, 2.75) is 51.6 Å². The monoisotopic (exact) mass is 294 g/mol. The molecule has 0 aromatic heterocycles. The third-order valence-electron chi connectivity index (χ3n) is 4.41. The summed E-state index contributed by atoms with van der Waals surface area (Å²) >= 11 is 0. The second-order valence-corrected chi connectivity index (χ2v) is 6.02. The van der Waals surface area contributed by atoms with Gasteiger partial charge in [-0.25, -0.2) is 4.39 Å². The van der Waals surface area contributed by atoms with Crippen molar-refractivity contribution < 1.29 is 9.50 Å². The molecule has 1 heterocycles. The molecule has 2 N–H and O–H groups in total. The van der Waals surface area contributed by atoms with E-state index in [4.69, 9.17) is 0 Å². The van der Waals surface area contributed by atoms with Crippen molar-refractivity contribution in [3.8, 4) is 5.75 Å². The lowest BCUT2D eigenvalue weighted by Gasteiger charge is -2.32. The number of nitrogens with one attached hydrogen (secondary N) is 1. The fourth-order valence-electron chi connectivity index (χ4n) is 3.07. The fourth-order valence-corrected chi connectivity index (χ4v) is 3.07. The van der Waals surface area contributed by atoms with Gasteiger partial charge in [0, 0.05) is 30.3 Å². The summed E-state index contributed by atoms with van der Waals surface area (Å²) in [7, 11) is 0. The molecule has 0 radical (unpaired) electrons. The molecule has 2 atom stereocenters. The van der Waals surface area contributed by atoms with Gasteiger partial charge < -0.3 is 10.4 Å². The van der Waals surface area contributed by atoms with E-state index in [2.05, 4.69) is 24.1 Å². The van der Waals surface area contributed by atoms with Crippen LogP contribution in [0.25, 0.3) is 0 Å². The SMILES string of the molecule is CCCCN(CC1CCCN1)C(C)c1ccc(F)cc1O. The molecule has 0 amide bonds. The van der Waals surface area contributed by atoms with Crippen LogP contribution < -0.4 is 5.32 Å². The Balaban J connectivity index is 2.09. The molecule has 2 rings (SSSR count). The maximum absolute atomic E-state index is 13.2. The number of unbranched alkanes of at least 4 members (excludes halogenated alkanes) is 1. The van der Waals surface area contributed by atoms with E-state index in [1.165, 1.54) is 25.0 Å². The fraction of sp³-hybridized carbons (Fsp3) is 0.647. The molecule has 0 aliphatic carbocycles. The summed E-state index contributed by atoms with van der Waals surface area (Å²) in [6.07, 6.45) is 4.74. The number of nitrogens with zero attached hydrogens (tertiary/aromatic N) is 1. The summed E-state index contributed by atoms with van der Waals surface area (Å²) in [6.45, 7) is 7.37. The average molecular weight is 294 g/mol. The van der Waals surface area contributed by atoms with Gasteiger partial charge in [0.05, 0.1) is 0 Å². The molecule has 1 fully saturated rings. The third-order valence-corrected chi connectivity index (χ3v) is 4.41. The Morgan fingerprint density at radius 2 is 2.29 bits per heavy atom. The highest BCUT2D eigenvalue weighted by molar-refractivity contribution is 5.35. The van der Waals surface area contributed by atoms with Crippen LogP contribution in [0.4, 0.5) is 4.39 Å². The van der Waals surface area contributed by atoms with Crippen molar-refractivity contribution in [3.05, 3.63) is 29.6 Å². The first kappa shape index (κ1) is 16.2. The van der Waals surface area contributed by atoms with Crippen LogP contribution in [-0.2, 0) is 0 Å². The highest BCUT2D eigenvalue weighted by Gasteiger charge is 2.23. The molecule has 3 nitrogen and oxygen atoms in total. The Kier molecular flexibility index (Phi) is 6.00. The maximum Gasteiger partial charge on any atom is 0.126 e. The largest absolute Gasteiger partial charge is 0.508 e. The number of hydrogen-bond donors (Lipinski definition) is 2. The molecule has 4 heteroatoms. The predicted octanol–water partition coefficient (Wildman–Crippen LogP) is 3.45. The first-order chi connectivity index (χ1) is 10.1. The van der Waals surface area contributed by atoms with Crippen LogP contribution in [0.15, 0.2) is 18.2 Å². The molecule has 1 aliphatic rings. The Morgan fingerprint density at radius 1 is 1.48 bits per heavy atom. The van der Waals surface area contributed by atoms with Crippen LogP contribution in [0, 0.1) is 5.82 Å². The smallest absolute Gasteiger partial charge is 0.126 e. The molecular formula is C17H27FN2O. The highest BCUT2D eigenvalue weighted by Crippen LogP contribution is 2.29. The number of halogens is 1. The van der Waals surface area contributed by atoms with Gasteiger partial charge in [0.2, 0.25) is 0 Å². The van der Waals surface area contributed by atoms with Crippen molar-refractivity contribution in [2.75, 3.05) is 19.6 Å². The van der Waals surface area contributed by atoms with Crippen LogP contribution >= 0.6 is 0 Å². The maximum atomic E-state index is 13.2. The quantitative estimate of drug-likeness (QED) is 0.808. The molecular weight excluding hydrogens is 267 g/mol. The van der Waals surface area contributed by atoms with Gasteiger partial charge in [0.15, 0.2) is 0 Å². The Hall–Kier alpha value is -1.13. The number of benzene rings is 1. The van der Waals surface area contributed by atoms with Crippen molar-refractivity contribution in [1.29, 1.82) is 0 Å². The molecule has 1 saturated heterocycles. The minimum Gasteiger partial charge on any atom is -0.508 e. The van der Waals surface area contributed by atoms with E-state index >= 15 is 0 Å². The molecule has 21 heavy (non-hydrogen) atoms. The lowest BCUT2D eigenvalue weighted by molar-refractivity contribution is 0.186. The summed E-state index contributed by atoms with van der Waals surface area (Å²) < 4.78 is 13.2. The standard InChI is InChI=1S/C17H27FN2O/c1-3-4-10-20(12-15-6-5-9-19-15)13(2)16-8-7-14(18)11-17(16)21/h7-8,11,13,15,19,21H,3-6,9-10,12H2,1-2H3. The zero-order valence-corrected chi connectivity index (χ0v) is 13.1. The number of rotatable bonds is 7. The predicted molar refractivity (Wildman–Crippen MR) is 84.0 cm³/mol. The second-order valence-electron chi connectivity index (χ2n) is 6.02. The van der Waals surface area contributed by atoms with E-state index < -0.39 is 0 Å². The van der Waals surface area contributed by atoms with Gasteiger partial charge >= 0.3 is 0 Å². The van der Waals surface area contributed by atoms with E-state index in [0.717, 1.165) is 38.0 Å². The Morgan fingerprint density at radius 3 is 2.90 bits per heavy atom. The van der Waals surface area contributed by atoms with Crippen LogP contribution in [0.5, 0.6) is 5.75 Å². The van der Waals surface area contributed by atoms with E-state index in [9.17, 15) is 9.50 Å². The van der Waals surface area contributed by atoms with Crippen molar-refractivity contribution in [2.24, 2.45) is 0 Å². The van der Waals surface area contributed by atoms with Crippen LogP contribution in [0.2, 0.25) is 0 Å². The van der Waals surface area contributed by atoms with Gasteiger partial charge in [0.25, 0.3) is 0 Å². The normalized spacial score (nSPS) is 20.1. The van der Waals surface area contributed by atoms with E-state index in [0.29, 0.717) is 6.04 Å². The van der Waals surface area contributed by atoms with Gasteiger partial charge in [-0.05, 0) is 45.3 Å². The van der Waals surface area contributed by atoms with Crippen LogP contribution in [0.3, 0.4) is 0 Å². The van der Waals surface area contributed by atoms with Crippen LogP contribution in [0.1, 0.15) is 51.1 Å². The summed E-state index contributed by atoms with van der Waals surface area (Å²) in [5, 5.41) is 13.5. The minimum atomic E-state index is -0.388. The minimum absolute atomic E-state index is 0.0587. The number of aromatic hydroxyl groups is 1. The summed E-state index contributed by atoms with van der Waals surface area (Å²) in [5.74, 6) is -0.329. The average Bonchev–Trinajstić information content (AvgIpc) is 2.95. The summed E-state index contributed by atoms with van der Waals surface area (Å²) in [5.41, 5.74) is 0.811. The summed E-state index contributed by atoms with van der Waals surface area (Å²) in [6, 6.07) is 4.97. The Labute approximate surface area is 127 Å². The van der Waals surface area contributed by atoms with E-state index in [1.807, 2.05) is 0 Å². The zero-order valence-electron chi connectivity index (χ0n) is 13.1. The summed E-state index contributed by atoms with van der Waals surface area (Å²) in [4.78, 5) is 2.40. The van der Waals surface area contributed by atoms with E-state index in [-0.39, 0.29) is 17.6 Å². The molecule has 0 saturated carbocycles. The van der Waals surface area contributed by atoms with Crippen molar-refractivity contribution in [3.63, 3.8) is 0 Å². The third kappa shape index (κ3) is 4.42. The second kappa shape index (κ2) is 7.76. The highest BCUT2D eigenvalue weighted by atomic mass is 19.1. The van der Waals surface area contributed by atoms with Gasteiger partial charge in [-0.2, -0.15) is 0 Å². The lowest BCUT2D eigenvalue weighted by Crippen LogP contribution is -2.39. The van der Waals surface area contributed by atoms with Crippen LogP contribution in [-0.4, -0.2) is 35.7 Å². The molecule has 0 bridgehead atoms. The molecule has 1 aliphatic heterocycles. The van der Waals surface area contributed by atoms with Gasteiger partial charge in [-0.15, -0.1) is 0 Å². The number of hydrogen-bond acceptors (Lipinski definition) is 3. The topological polar surface area (TPSA) is 35.5 Å². The molecule has 1 aromatic rings. The lowest BCUT2D eigenvalue weighted by atomic mass is 10.0. The van der Waals surface area contributed by atoms with Gasteiger partial charge in [0.1, 0.15) is 11.6 Å².